The average molecular weight is 138 g/mol. The molecule has 0 unspecified atom stereocenters. The number of phenols is 1. The molecule has 2 rings (SSSR count). The maximum absolute atomic E-state index is 9.01. The van der Waals surface area contributed by atoms with Crippen LogP contribution in [-0.4, -0.2) is 12.2 Å². The zero-order valence-electron chi connectivity index (χ0n) is 5.42. The first-order valence-electron chi connectivity index (χ1n) is 2.90. The lowest BCUT2D eigenvalue weighted by Gasteiger charge is -1.92. The fourth-order valence-corrected chi connectivity index (χ4v) is 0.874. The lowest BCUT2D eigenvalue weighted by atomic mass is 10.3. The van der Waals surface area contributed by atoms with Crippen molar-refractivity contribution in [3.05, 3.63) is 12.1 Å². The maximum atomic E-state index is 9.01. The van der Waals surface area contributed by atoms with Gasteiger partial charge >= 0.3 is 0 Å². The zero-order chi connectivity index (χ0) is 7.14. The van der Waals surface area contributed by atoms with E-state index in [-0.39, 0.29) is 5.75 Å². The molecule has 0 aromatic heterocycles. The minimum absolute atomic E-state index is 0.177. The van der Waals surface area contributed by atoms with Gasteiger partial charge in [0.05, 0.1) is 7.11 Å². The molecule has 1 aromatic rings. The Bertz CT molecular complexity index is 280. The van der Waals surface area contributed by atoms with E-state index < -0.39 is 0 Å². The highest BCUT2D eigenvalue weighted by molar-refractivity contribution is 5.69. The summed E-state index contributed by atoms with van der Waals surface area (Å²) in [6.45, 7) is 0. The molecule has 1 aliphatic heterocycles. The molecule has 0 radical (unpaired) electrons. The molecule has 3 heteroatoms. The molecule has 1 aromatic carbocycles. The van der Waals surface area contributed by atoms with E-state index in [2.05, 4.69) is 0 Å². The van der Waals surface area contributed by atoms with Gasteiger partial charge in [-0.05, 0) is 12.1 Å². The summed E-state index contributed by atoms with van der Waals surface area (Å²) in [6.07, 6.45) is 0. The number of aromatic hydroxyl groups is 1. The fraction of sp³-hybridized carbons (Fsp3) is 0.143. The van der Waals surface area contributed by atoms with Gasteiger partial charge in [0.2, 0.25) is 11.5 Å². The Balaban J connectivity index is 2.53. The third-order valence-corrected chi connectivity index (χ3v) is 1.44. The van der Waals surface area contributed by atoms with Crippen molar-refractivity contribution in [1.82, 2.24) is 0 Å². The highest BCUT2D eigenvalue weighted by Gasteiger charge is 2.29. The summed E-state index contributed by atoms with van der Waals surface area (Å²) in [5.41, 5.74) is 0. The number of hydrogen-bond acceptors (Lipinski definition) is 3. The van der Waals surface area contributed by atoms with Crippen molar-refractivity contribution in [1.29, 1.82) is 0 Å². The summed E-state index contributed by atoms with van der Waals surface area (Å²) in [7, 11) is 1.56. The molecule has 0 saturated carbocycles. The summed E-state index contributed by atoms with van der Waals surface area (Å²) in [4.78, 5) is 0. The fourth-order valence-electron chi connectivity index (χ4n) is 0.874. The van der Waals surface area contributed by atoms with E-state index >= 15 is 0 Å². The normalized spacial score (nSPS) is 11.7. The number of hydrogen-bond donors (Lipinski definition) is 1. The number of fused-ring (bicyclic) bond motifs is 1. The highest BCUT2D eigenvalue weighted by Crippen LogP contribution is 2.57. The van der Waals surface area contributed by atoms with Gasteiger partial charge < -0.3 is 14.6 Å². The molecule has 0 aliphatic carbocycles. The minimum atomic E-state index is 0.177. The van der Waals surface area contributed by atoms with Crippen LogP contribution in [0.2, 0.25) is 0 Å². The molecule has 0 fully saturated rings. The predicted molar refractivity (Wildman–Crippen MR) is 34.7 cm³/mol. The van der Waals surface area contributed by atoms with Crippen LogP contribution in [0.5, 0.6) is 23.0 Å². The molecule has 1 aliphatic rings. The van der Waals surface area contributed by atoms with Crippen LogP contribution in [0.3, 0.4) is 0 Å². The van der Waals surface area contributed by atoms with E-state index in [4.69, 9.17) is 14.6 Å². The summed E-state index contributed by atoms with van der Waals surface area (Å²) >= 11 is 0. The lowest BCUT2D eigenvalue weighted by Crippen LogP contribution is -1.77. The van der Waals surface area contributed by atoms with E-state index in [1.165, 1.54) is 0 Å². The lowest BCUT2D eigenvalue weighted by molar-refractivity contribution is 0.408. The van der Waals surface area contributed by atoms with Crippen LogP contribution in [0.4, 0.5) is 0 Å². The Morgan fingerprint density at radius 1 is 1.40 bits per heavy atom. The van der Waals surface area contributed by atoms with Crippen molar-refractivity contribution in [2.45, 2.75) is 0 Å². The Hall–Kier alpha value is -1.38. The summed E-state index contributed by atoms with van der Waals surface area (Å²) in [5.74, 6) is 2.05. The largest absolute Gasteiger partial charge is 0.504 e. The molecule has 3 nitrogen and oxygen atoms in total. The van der Waals surface area contributed by atoms with Crippen LogP contribution >= 0.6 is 0 Å². The Kier molecular flexibility index (Phi) is 0.845. The van der Waals surface area contributed by atoms with Crippen LogP contribution in [0.25, 0.3) is 0 Å². The van der Waals surface area contributed by atoms with Crippen LogP contribution in [0.15, 0.2) is 12.1 Å². The van der Waals surface area contributed by atoms with E-state index in [1.807, 2.05) is 0 Å². The molecule has 0 saturated heterocycles. The minimum Gasteiger partial charge on any atom is -0.504 e. The van der Waals surface area contributed by atoms with E-state index in [1.54, 1.807) is 19.2 Å². The van der Waals surface area contributed by atoms with Gasteiger partial charge in [-0.25, -0.2) is 0 Å². The Morgan fingerprint density at radius 3 is 2.90 bits per heavy atom. The molecule has 0 bridgehead atoms. The van der Waals surface area contributed by atoms with Crippen LogP contribution < -0.4 is 9.47 Å². The smallest absolute Gasteiger partial charge is 0.215 e. The molecule has 1 N–H and O–H groups in total. The second-order valence-electron chi connectivity index (χ2n) is 2.05. The number of rotatable bonds is 1. The van der Waals surface area contributed by atoms with Gasteiger partial charge in [0.1, 0.15) is 0 Å². The van der Waals surface area contributed by atoms with Gasteiger partial charge in [-0.3, -0.25) is 0 Å². The molecule has 0 atom stereocenters. The predicted octanol–water partition coefficient (Wildman–Crippen LogP) is 1.51. The summed E-state index contributed by atoms with van der Waals surface area (Å²) < 4.78 is 9.83. The maximum Gasteiger partial charge on any atom is 0.215 e. The molecular weight excluding hydrogens is 132 g/mol. The molecule has 0 amide bonds. The van der Waals surface area contributed by atoms with Crippen molar-refractivity contribution in [2.75, 3.05) is 7.11 Å². The Labute approximate surface area is 57.8 Å². The van der Waals surface area contributed by atoms with Crippen molar-refractivity contribution in [2.24, 2.45) is 0 Å². The third-order valence-electron chi connectivity index (χ3n) is 1.44. The van der Waals surface area contributed by atoms with Crippen LogP contribution in [0, 0.1) is 0 Å². The van der Waals surface area contributed by atoms with E-state index in [9.17, 15) is 0 Å². The van der Waals surface area contributed by atoms with Crippen molar-refractivity contribution < 1.29 is 14.6 Å². The zero-order valence-corrected chi connectivity index (χ0v) is 5.42. The number of phenolic OH excluding ortho intramolecular Hbond substituents is 1. The second kappa shape index (κ2) is 1.56. The molecule has 0 spiro atoms. The number of ether oxygens (including phenoxy) is 2. The summed E-state index contributed by atoms with van der Waals surface area (Å²) in [5, 5.41) is 9.01. The Morgan fingerprint density at radius 2 is 2.20 bits per heavy atom. The first-order valence-corrected chi connectivity index (χ1v) is 2.90. The quantitative estimate of drug-likeness (QED) is 0.607. The van der Waals surface area contributed by atoms with Crippen molar-refractivity contribution in [3.63, 3.8) is 0 Å². The van der Waals surface area contributed by atoms with Crippen LogP contribution in [-0.2, 0) is 0 Å². The average Bonchev–Trinajstić information content (AvgIpc) is 2.68. The van der Waals surface area contributed by atoms with Gasteiger partial charge in [0.25, 0.3) is 0 Å². The van der Waals surface area contributed by atoms with Crippen molar-refractivity contribution in [3.8, 4) is 23.0 Å². The second-order valence-corrected chi connectivity index (χ2v) is 2.05. The van der Waals surface area contributed by atoms with Gasteiger partial charge in [-0.15, -0.1) is 0 Å². The topological polar surface area (TPSA) is 42.0 Å². The molecule has 10 heavy (non-hydrogen) atoms. The number of benzene rings is 1. The third kappa shape index (κ3) is 0.543. The monoisotopic (exact) mass is 138 g/mol. The highest BCUT2D eigenvalue weighted by atomic mass is 16.6. The van der Waals surface area contributed by atoms with E-state index in [0.717, 1.165) is 0 Å². The van der Waals surface area contributed by atoms with Gasteiger partial charge in [0.15, 0.2) is 11.5 Å². The SMILES string of the molecule is COc1ccc(O)c2c1O2. The van der Waals surface area contributed by atoms with E-state index in [0.29, 0.717) is 17.2 Å². The first kappa shape index (κ1) is 5.41. The van der Waals surface area contributed by atoms with Gasteiger partial charge in [-0.2, -0.15) is 0 Å². The van der Waals surface area contributed by atoms with Crippen LogP contribution in [0.1, 0.15) is 0 Å². The molecular formula is C7H6O3. The standard InChI is InChI=1S/C7H6O3/c1-9-5-3-2-4(8)6-7(5)10-6/h2-3,8H,1H3. The first-order chi connectivity index (χ1) is 4.83. The molecule has 1 heterocycles. The molecule has 52 valence electrons. The van der Waals surface area contributed by atoms with Gasteiger partial charge in [0, 0.05) is 0 Å². The summed E-state index contributed by atoms with van der Waals surface area (Å²) in [6, 6.07) is 3.21. The van der Waals surface area contributed by atoms with Gasteiger partial charge in [-0.1, -0.05) is 0 Å². The number of methoxy groups -OCH3 is 1. The van der Waals surface area contributed by atoms with Crippen molar-refractivity contribution >= 4 is 0 Å².